The summed E-state index contributed by atoms with van der Waals surface area (Å²) in [7, 11) is 3.22. The molecule has 1 aliphatic rings. The molecule has 176 valence electrons. The number of hydrogen-bond acceptors (Lipinski definition) is 5. The molecule has 1 fully saturated rings. The summed E-state index contributed by atoms with van der Waals surface area (Å²) in [6.07, 6.45) is 6.24. The van der Waals surface area contributed by atoms with Crippen LogP contribution in [0.3, 0.4) is 0 Å². The van der Waals surface area contributed by atoms with Crippen molar-refractivity contribution in [1.29, 1.82) is 0 Å². The maximum absolute atomic E-state index is 13.3. The molecule has 2 aromatic carbocycles. The summed E-state index contributed by atoms with van der Waals surface area (Å²) in [4.78, 5) is 13.3. The summed E-state index contributed by atoms with van der Waals surface area (Å²) in [5.74, 6) is 2.66. The number of halogens is 2. The minimum atomic E-state index is 0.0580. The molecule has 33 heavy (non-hydrogen) atoms. The lowest BCUT2D eigenvalue weighted by molar-refractivity contribution is -0.112. The molecule has 0 aliphatic heterocycles. The zero-order valence-electron chi connectivity index (χ0n) is 19.3. The van der Waals surface area contributed by atoms with Gasteiger partial charge >= 0.3 is 0 Å². The van der Waals surface area contributed by atoms with Crippen molar-refractivity contribution in [2.24, 2.45) is 0 Å². The van der Waals surface area contributed by atoms with Gasteiger partial charge in [0.2, 0.25) is 0 Å². The smallest absolute Gasteiger partial charge is 0.185 e. The van der Waals surface area contributed by atoms with Crippen molar-refractivity contribution >= 4 is 49.8 Å². The van der Waals surface area contributed by atoms with Crippen molar-refractivity contribution in [3.05, 3.63) is 55.5 Å². The first kappa shape index (κ1) is 25.4. The molecule has 7 heteroatoms. The number of rotatable bonds is 8. The Hall–Kier alpha value is -2.25. The van der Waals surface area contributed by atoms with E-state index in [0.29, 0.717) is 36.2 Å². The predicted molar refractivity (Wildman–Crippen MR) is 139 cm³/mol. The zero-order chi connectivity index (χ0) is 24.0. The number of ketones is 1. The van der Waals surface area contributed by atoms with Gasteiger partial charge < -0.3 is 18.9 Å². The highest BCUT2D eigenvalue weighted by molar-refractivity contribution is 9.10. The summed E-state index contributed by atoms with van der Waals surface area (Å²) in [6.45, 7) is 4.91. The SMILES string of the molecule is CCOc1cc(C=C2CCCC(=Cc3cc(OCC)c(OC)cc3Br)C2=O)c(Br)cc1OC. The summed E-state index contributed by atoms with van der Waals surface area (Å²) in [5.41, 5.74) is 3.31. The number of carbonyl (C=O) groups excluding carboxylic acids is 1. The van der Waals surface area contributed by atoms with Crippen molar-refractivity contribution < 1.29 is 23.7 Å². The normalized spacial score (nSPS) is 16.2. The Morgan fingerprint density at radius 3 is 1.55 bits per heavy atom. The quantitative estimate of drug-likeness (QED) is 0.308. The fourth-order valence-corrected chi connectivity index (χ4v) is 4.61. The highest BCUT2D eigenvalue weighted by Gasteiger charge is 2.22. The molecule has 0 atom stereocenters. The van der Waals surface area contributed by atoms with Gasteiger partial charge in [0.05, 0.1) is 27.4 Å². The molecule has 0 bridgehead atoms. The third-order valence-electron chi connectivity index (χ3n) is 5.30. The Kier molecular flexibility index (Phi) is 9.03. The molecular weight excluding hydrogens is 552 g/mol. The van der Waals surface area contributed by atoms with Gasteiger partial charge in [0.15, 0.2) is 28.8 Å². The van der Waals surface area contributed by atoms with Crippen molar-refractivity contribution in [1.82, 2.24) is 0 Å². The van der Waals surface area contributed by atoms with Gasteiger partial charge in [-0.15, -0.1) is 0 Å². The Balaban J connectivity index is 1.97. The number of methoxy groups -OCH3 is 2. The van der Waals surface area contributed by atoms with Crippen molar-refractivity contribution in [3.8, 4) is 23.0 Å². The first-order valence-electron chi connectivity index (χ1n) is 10.9. The monoisotopic (exact) mass is 578 g/mol. The van der Waals surface area contributed by atoms with Crippen LogP contribution < -0.4 is 18.9 Å². The Morgan fingerprint density at radius 1 is 0.758 bits per heavy atom. The lowest BCUT2D eigenvalue weighted by Crippen LogP contribution is -2.12. The molecule has 0 aromatic heterocycles. The largest absolute Gasteiger partial charge is 0.493 e. The van der Waals surface area contributed by atoms with Gasteiger partial charge in [-0.3, -0.25) is 4.79 Å². The number of Topliss-reactive ketones (excluding diaryl/α,β-unsaturated/α-hetero) is 1. The van der Waals surface area contributed by atoms with Crippen LogP contribution in [0.1, 0.15) is 44.2 Å². The summed E-state index contributed by atoms with van der Waals surface area (Å²) in [5, 5.41) is 0. The van der Waals surface area contributed by atoms with E-state index in [0.717, 1.165) is 50.5 Å². The number of ether oxygens (including phenoxy) is 4. The zero-order valence-corrected chi connectivity index (χ0v) is 22.5. The molecular formula is C26H28Br2O5. The average Bonchev–Trinajstić information content (AvgIpc) is 2.80. The van der Waals surface area contributed by atoms with Crippen LogP contribution in [0, 0.1) is 0 Å². The molecule has 2 aromatic rings. The molecule has 1 saturated carbocycles. The Labute approximate surface area is 212 Å². The minimum absolute atomic E-state index is 0.0580. The first-order chi connectivity index (χ1) is 15.9. The van der Waals surface area contributed by atoms with E-state index in [-0.39, 0.29) is 5.78 Å². The topological polar surface area (TPSA) is 54.0 Å². The van der Waals surface area contributed by atoms with E-state index in [1.165, 1.54) is 0 Å². The van der Waals surface area contributed by atoms with Crippen molar-refractivity contribution in [2.75, 3.05) is 27.4 Å². The van der Waals surface area contributed by atoms with Gasteiger partial charge in [0.25, 0.3) is 0 Å². The van der Waals surface area contributed by atoms with Crippen LogP contribution in [0.2, 0.25) is 0 Å². The van der Waals surface area contributed by atoms with E-state index in [1.54, 1.807) is 14.2 Å². The van der Waals surface area contributed by atoms with E-state index in [2.05, 4.69) is 31.9 Å². The Bertz CT molecular complexity index is 1010. The van der Waals surface area contributed by atoms with Crippen LogP contribution in [0.4, 0.5) is 0 Å². The number of allylic oxidation sites excluding steroid dienone is 2. The maximum Gasteiger partial charge on any atom is 0.185 e. The van der Waals surface area contributed by atoms with Gasteiger partial charge in [0, 0.05) is 20.1 Å². The molecule has 5 nitrogen and oxygen atoms in total. The maximum atomic E-state index is 13.3. The molecule has 0 N–H and O–H groups in total. The van der Waals surface area contributed by atoms with Gasteiger partial charge in [-0.1, -0.05) is 31.9 Å². The molecule has 1 aliphatic carbocycles. The van der Waals surface area contributed by atoms with Crippen LogP contribution in [-0.4, -0.2) is 33.2 Å². The lowest BCUT2D eigenvalue weighted by atomic mass is 9.87. The second kappa shape index (κ2) is 11.7. The molecule has 0 saturated heterocycles. The van der Waals surface area contributed by atoms with Crippen molar-refractivity contribution in [2.45, 2.75) is 33.1 Å². The van der Waals surface area contributed by atoms with Crippen LogP contribution in [0.25, 0.3) is 12.2 Å². The fraction of sp³-hybridized carbons (Fsp3) is 0.346. The van der Waals surface area contributed by atoms with Gasteiger partial charge in [-0.2, -0.15) is 0 Å². The average molecular weight is 580 g/mol. The number of benzene rings is 2. The first-order valence-corrected chi connectivity index (χ1v) is 12.5. The standard InChI is InChI=1S/C26H28Br2O5/c1-5-32-24-12-18(20(27)14-22(24)30-3)10-16-8-7-9-17(26(16)29)11-19-13-25(33-6-2)23(31-4)15-21(19)28/h10-15H,5-9H2,1-4H3. The molecule has 0 amide bonds. The number of carbonyl (C=O) groups is 1. The summed E-state index contributed by atoms with van der Waals surface area (Å²) >= 11 is 7.19. The highest BCUT2D eigenvalue weighted by atomic mass is 79.9. The molecule has 0 unspecified atom stereocenters. The van der Waals surface area contributed by atoms with E-state index in [9.17, 15) is 4.79 Å². The van der Waals surface area contributed by atoms with Gasteiger partial charge in [-0.05, 0) is 80.7 Å². The number of hydrogen-bond donors (Lipinski definition) is 0. The van der Waals surface area contributed by atoms with Crippen molar-refractivity contribution in [3.63, 3.8) is 0 Å². The second-order valence-corrected chi connectivity index (χ2v) is 9.15. The third-order valence-corrected chi connectivity index (χ3v) is 6.67. The fourth-order valence-electron chi connectivity index (χ4n) is 3.73. The second-order valence-electron chi connectivity index (χ2n) is 7.44. The molecule has 0 spiro atoms. The summed E-state index contributed by atoms with van der Waals surface area (Å²) in [6, 6.07) is 7.54. The van der Waals surface area contributed by atoms with Crippen LogP contribution >= 0.6 is 31.9 Å². The highest BCUT2D eigenvalue weighted by Crippen LogP contribution is 2.38. The van der Waals surface area contributed by atoms with Gasteiger partial charge in [-0.25, -0.2) is 0 Å². The lowest BCUT2D eigenvalue weighted by Gasteiger charge is -2.18. The van der Waals surface area contributed by atoms with E-state index in [1.807, 2.05) is 50.3 Å². The molecule has 0 heterocycles. The van der Waals surface area contributed by atoms with Gasteiger partial charge in [0.1, 0.15) is 0 Å². The van der Waals surface area contributed by atoms with Crippen LogP contribution in [-0.2, 0) is 4.79 Å². The Morgan fingerprint density at radius 2 is 1.18 bits per heavy atom. The third kappa shape index (κ3) is 6.01. The van der Waals surface area contributed by atoms with E-state index in [4.69, 9.17) is 18.9 Å². The van der Waals surface area contributed by atoms with E-state index < -0.39 is 0 Å². The van der Waals surface area contributed by atoms with Crippen LogP contribution in [0.15, 0.2) is 44.4 Å². The minimum Gasteiger partial charge on any atom is -0.493 e. The molecule has 3 rings (SSSR count). The van der Waals surface area contributed by atoms with Crippen LogP contribution in [0.5, 0.6) is 23.0 Å². The summed E-state index contributed by atoms with van der Waals surface area (Å²) < 4.78 is 23.9. The van der Waals surface area contributed by atoms with E-state index >= 15 is 0 Å². The predicted octanol–water partition coefficient (Wildman–Crippen LogP) is 7.25. The molecule has 0 radical (unpaired) electrons.